The lowest BCUT2D eigenvalue weighted by Crippen LogP contribution is -2.34. The van der Waals surface area contributed by atoms with Crippen molar-refractivity contribution >= 4 is 42.1 Å². The fourth-order valence-corrected chi connectivity index (χ4v) is 3.18. The molecule has 2 aromatic rings. The molecule has 15 heteroatoms. The van der Waals surface area contributed by atoms with Crippen molar-refractivity contribution in [3.05, 3.63) is 11.6 Å². The second-order valence-electron chi connectivity index (χ2n) is 5.75. The molecule has 0 bridgehead atoms. The highest BCUT2D eigenvalue weighted by molar-refractivity contribution is 7.52. The first-order valence-electron chi connectivity index (χ1n) is 7.44. The van der Waals surface area contributed by atoms with E-state index in [1.54, 1.807) is 0 Å². The number of rotatable bonds is 5. The first kappa shape index (κ1) is 19.9. The fourth-order valence-electron chi connectivity index (χ4n) is 2.58. The number of anilines is 1. The number of carbonyl (C=O) groups is 1. The van der Waals surface area contributed by atoms with Crippen molar-refractivity contribution in [2.45, 2.75) is 24.5 Å². The molecule has 2 aromatic heterocycles. The highest BCUT2D eigenvalue weighted by Crippen LogP contribution is 2.35. The maximum Gasteiger partial charge on any atom is 0.336 e. The summed E-state index contributed by atoms with van der Waals surface area (Å²) >= 11 is 5.77. The van der Waals surface area contributed by atoms with Gasteiger partial charge in [-0.05, 0) is 11.6 Å². The Morgan fingerprint density at radius 1 is 1.37 bits per heavy atom. The summed E-state index contributed by atoms with van der Waals surface area (Å²) in [5.41, 5.74) is 6.07. The standard InChI is InChI=1S/C12H15ClN5O8P/c13-12-16-9(14)6-10(17-12)18(3-15-6)11-8(21)7(20)4(26-11)1-25-5(19)2-27(22,23)24/h3-4,7-8,11,20-21H,1-2H2,(H2,14,16,17)(H2,22,23,24)/t4-,7?,8+,11-/m1/s1. The number of aliphatic hydroxyl groups excluding tert-OH is 2. The minimum Gasteiger partial charge on any atom is -0.462 e. The van der Waals surface area contributed by atoms with Crippen LogP contribution >= 0.6 is 19.2 Å². The number of aliphatic hydroxyl groups is 2. The zero-order chi connectivity index (χ0) is 19.9. The first-order chi connectivity index (χ1) is 12.6. The number of ether oxygens (including phenoxy) is 2. The molecule has 0 saturated carbocycles. The molecule has 13 nitrogen and oxygen atoms in total. The summed E-state index contributed by atoms with van der Waals surface area (Å²) < 4.78 is 22.3. The predicted molar refractivity (Wildman–Crippen MR) is 88.5 cm³/mol. The topological polar surface area (TPSA) is 203 Å². The van der Waals surface area contributed by atoms with Gasteiger partial charge in [0, 0.05) is 0 Å². The third kappa shape index (κ3) is 4.19. The molecule has 3 heterocycles. The number of nitrogens with two attached hydrogens (primary N) is 1. The number of aromatic nitrogens is 4. The van der Waals surface area contributed by atoms with Crippen molar-refractivity contribution in [3.63, 3.8) is 0 Å². The fraction of sp³-hybridized carbons (Fsp3) is 0.500. The molecule has 1 aliphatic rings. The van der Waals surface area contributed by atoms with Gasteiger partial charge < -0.3 is 35.2 Å². The monoisotopic (exact) mass is 423 g/mol. The minimum absolute atomic E-state index is 0.0136. The van der Waals surface area contributed by atoms with E-state index in [0.29, 0.717) is 0 Å². The number of hydrogen-bond donors (Lipinski definition) is 5. The van der Waals surface area contributed by atoms with Gasteiger partial charge in [-0.1, -0.05) is 0 Å². The van der Waals surface area contributed by atoms with Crippen molar-refractivity contribution in [3.8, 4) is 0 Å². The van der Waals surface area contributed by atoms with Crippen LogP contribution in [0, 0.1) is 0 Å². The third-order valence-corrected chi connectivity index (χ3v) is 4.62. The Kier molecular flexibility index (Phi) is 5.36. The molecule has 27 heavy (non-hydrogen) atoms. The molecular weight excluding hydrogens is 409 g/mol. The second kappa shape index (κ2) is 7.28. The van der Waals surface area contributed by atoms with Crippen molar-refractivity contribution in [2.24, 2.45) is 0 Å². The van der Waals surface area contributed by atoms with E-state index in [2.05, 4.69) is 15.0 Å². The Morgan fingerprint density at radius 2 is 2.07 bits per heavy atom. The smallest absolute Gasteiger partial charge is 0.336 e. The van der Waals surface area contributed by atoms with Crippen LogP contribution in [-0.4, -0.2) is 76.6 Å². The van der Waals surface area contributed by atoms with Crippen LogP contribution in [0.15, 0.2) is 6.33 Å². The molecule has 1 fully saturated rings. The molecule has 1 saturated heterocycles. The molecule has 0 aliphatic carbocycles. The van der Waals surface area contributed by atoms with Crippen molar-refractivity contribution in [2.75, 3.05) is 18.5 Å². The van der Waals surface area contributed by atoms with Crippen LogP contribution in [0.3, 0.4) is 0 Å². The summed E-state index contributed by atoms with van der Waals surface area (Å²) in [4.78, 5) is 40.6. The minimum atomic E-state index is -4.58. The van der Waals surface area contributed by atoms with Crippen LogP contribution in [0.4, 0.5) is 5.82 Å². The van der Waals surface area contributed by atoms with Crippen LogP contribution in [0.2, 0.25) is 5.28 Å². The van der Waals surface area contributed by atoms with Gasteiger partial charge in [-0.3, -0.25) is 13.9 Å². The van der Waals surface area contributed by atoms with Crippen LogP contribution in [0.1, 0.15) is 6.23 Å². The number of esters is 1. The molecule has 0 radical (unpaired) electrons. The molecule has 0 spiro atoms. The van der Waals surface area contributed by atoms with E-state index in [1.807, 2.05) is 0 Å². The quantitative estimate of drug-likeness (QED) is 0.209. The summed E-state index contributed by atoms with van der Waals surface area (Å²) in [5.74, 6) is -1.16. The van der Waals surface area contributed by atoms with Gasteiger partial charge in [0.15, 0.2) is 17.7 Å². The molecule has 4 atom stereocenters. The van der Waals surface area contributed by atoms with E-state index >= 15 is 0 Å². The van der Waals surface area contributed by atoms with E-state index in [9.17, 15) is 19.6 Å². The summed E-state index contributed by atoms with van der Waals surface area (Å²) in [6, 6.07) is 0. The van der Waals surface area contributed by atoms with Crippen LogP contribution in [-0.2, 0) is 18.8 Å². The van der Waals surface area contributed by atoms with Crippen molar-refractivity contribution < 1.29 is 38.8 Å². The lowest BCUT2D eigenvalue weighted by atomic mass is 10.1. The summed E-state index contributed by atoms with van der Waals surface area (Å²) in [5, 5.41) is 20.2. The number of hydrogen-bond acceptors (Lipinski definition) is 10. The maximum absolute atomic E-state index is 11.4. The maximum atomic E-state index is 11.4. The molecule has 6 N–H and O–H groups in total. The van der Waals surface area contributed by atoms with Gasteiger partial charge >= 0.3 is 13.6 Å². The van der Waals surface area contributed by atoms with Gasteiger partial charge in [-0.15, -0.1) is 0 Å². The first-order valence-corrected chi connectivity index (χ1v) is 9.61. The van der Waals surface area contributed by atoms with Crippen LogP contribution in [0.25, 0.3) is 11.2 Å². The number of halogens is 1. The molecule has 0 aromatic carbocycles. The highest BCUT2D eigenvalue weighted by Gasteiger charge is 2.45. The lowest BCUT2D eigenvalue weighted by molar-refractivity contribution is -0.147. The summed E-state index contributed by atoms with van der Waals surface area (Å²) in [6.07, 6.45) is -5.05. The molecule has 0 amide bonds. The molecule has 1 aliphatic heterocycles. The zero-order valence-corrected chi connectivity index (χ0v) is 15.1. The summed E-state index contributed by atoms with van der Waals surface area (Å²) in [7, 11) is -4.58. The predicted octanol–water partition coefficient (Wildman–Crippen LogP) is -1.60. The van der Waals surface area contributed by atoms with E-state index in [0.717, 1.165) is 0 Å². The average Bonchev–Trinajstić information content (AvgIpc) is 3.07. The Hall–Kier alpha value is -1.86. The Morgan fingerprint density at radius 3 is 2.74 bits per heavy atom. The molecule has 1 unspecified atom stereocenters. The van der Waals surface area contributed by atoms with Gasteiger partial charge in [-0.2, -0.15) is 9.97 Å². The molecule has 3 rings (SSSR count). The van der Waals surface area contributed by atoms with Gasteiger partial charge in [0.05, 0.1) is 6.33 Å². The zero-order valence-electron chi connectivity index (χ0n) is 13.4. The number of fused-ring (bicyclic) bond motifs is 1. The van der Waals surface area contributed by atoms with E-state index in [1.165, 1.54) is 10.9 Å². The van der Waals surface area contributed by atoms with Gasteiger partial charge in [0.2, 0.25) is 5.28 Å². The van der Waals surface area contributed by atoms with E-state index in [4.69, 9.17) is 36.6 Å². The number of carbonyl (C=O) groups excluding carboxylic acids is 1. The van der Waals surface area contributed by atoms with Crippen molar-refractivity contribution in [1.29, 1.82) is 0 Å². The normalized spacial score (nSPS) is 25.8. The van der Waals surface area contributed by atoms with Crippen LogP contribution < -0.4 is 5.73 Å². The van der Waals surface area contributed by atoms with Gasteiger partial charge in [-0.25, -0.2) is 4.98 Å². The largest absolute Gasteiger partial charge is 0.462 e. The average molecular weight is 424 g/mol. The van der Waals surface area contributed by atoms with E-state index in [-0.39, 0.29) is 22.3 Å². The summed E-state index contributed by atoms with van der Waals surface area (Å²) in [6.45, 7) is -0.530. The lowest BCUT2D eigenvalue weighted by Gasteiger charge is -2.16. The highest BCUT2D eigenvalue weighted by atomic mass is 35.5. The van der Waals surface area contributed by atoms with Crippen LogP contribution in [0.5, 0.6) is 0 Å². The third-order valence-electron chi connectivity index (χ3n) is 3.78. The molecular formula is C12H15ClN5O8P. The second-order valence-corrected chi connectivity index (χ2v) is 7.74. The Bertz CT molecular complexity index is 919. The van der Waals surface area contributed by atoms with Gasteiger partial charge in [0.1, 0.15) is 36.6 Å². The molecule has 148 valence electrons. The van der Waals surface area contributed by atoms with E-state index < -0.39 is 50.9 Å². The number of imidazole rings is 1. The van der Waals surface area contributed by atoms with Gasteiger partial charge in [0.25, 0.3) is 0 Å². The SMILES string of the molecule is Nc1nc(Cl)nc2c1ncn2[C@@H]1O[C@H](COC(=O)CP(=O)(O)O)C(O)[C@@H]1O. The Balaban J connectivity index is 1.76. The number of nitrogen functional groups attached to an aromatic ring is 1. The number of nitrogens with zero attached hydrogens (tertiary/aromatic N) is 4. The Labute approximate surface area is 155 Å². The van der Waals surface area contributed by atoms with Crippen molar-refractivity contribution in [1.82, 2.24) is 19.5 Å².